The highest BCUT2D eigenvalue weighted by atomic mass is 15.1. The van der Waals surface area contributed by atoms with Crippen LogP contribution in [-0.4, -0.2) is 9.55 Å². The third-order valence-corrected chi connectivity index (χ3v) is 3.31. The van der Waals surface area contributed by atoms with Gasteiger partial charge in [0, 0.05) is 24.7 Å². The Morgan fingerprint density at radius 3 is 2.87 bits per heavy atom. The summed E-state index contributed by atoms with van der Waals surface area (Å²) in [4.78, 5) is 4.70. The molecule has 0 saturated carbocycles. The predicted octanol–water partition coefficient (Wildman–Crippen LogP) is 2.36. The first-order valence-corrected chi connectivity index (χ1v) is 5.94. The molecular weight excluding hydrogens is 186 g/mol. The van der Waals surface area contributed by atoms with Crippen LogP contribution in [0.2, 0.25) is 0 Å². The number of hydrogen-bond donors (Lipinski definition) is 1. The van der Waals surface area contributed by atoms with Crippen LogP contribution in [0.4, 0.5) is 0 Å². The van der Waals surface area contributed by atoms with Crippen LogP contribution in [0.25, 0.3) is 0 Å². The van der Waals surface area contributed by atoms with E-state index in [1.54, 1.807) is 0 Å². The van der Waals surface area contributed by atoms with E-state index in [1.807, 2.05) is 0 Å². The van der Waals surface area contributed by atoms with Crippen LogP contribution < -0.4 is 5.73 Å². The third kappa shape index (κ3) is 1.69. The van der Waals surface area contributed by atoms with Crippen LogP contribution in [0.1, 0.15) is 62.7 Å². The summed E-state index contributed by atoms with van der Waals surface area (Å²) in [5.41, 5.74) is 8.29. The van der Waals surface area contributed by atoms with Gasteiger partial charge in [-0.15, -0.1) is 0 Å². The van der Waals surface area contributed by atoms with Crippen LogP contribution in [0.15, 0.2) is 0 Å². The van der Waals surface area contributed by atoms with E-state index in [0.29, 0.717) is 18.4 Å². The van der Waals surface area contributed by atoms with Gasteiger partial charge in [0.25, 0.3) is 0 Å². The lowest BCUT2D eigenvalue weighted by atomic mass is 9.96. The van der Waals surface area contributed by atoms with E-state index in [2.05, 4.69) is 25.3 Å². The topological polar surface area (TPSA) is 43.8 Å². The molecule has 0 aromatic carbocycles. The largest absolute Gasteiger partial charge is 0.331 e. The van der Waals surface area contributed by atoms with Crippen LogP contribution in [0, 0.1) is 0 Å². The van der Waals surface area contributed by atoms with Crippen molar-refractivity contribution < 1.29 is 0 Å². The number of imidazole rings is 1. The number of aromatic nitrogens is 2. The molecule has 1 aliphatic rings. The molecule has 1 aromatic rings. The van der Waals surface area contributed by atoms with Gasteiger partial charge in [0.2, 0.25) is 0 Å². The number of hydrogen-bond acceptors (Lipinski definition) is 2. The minimum atomic E-state index is 0.495. The van der Waals surface area contributed by atoms with E-state index in [9.17, 15) is 0 Å². The minimum Gasteiger partial charge on any atom is -0.331 e. The third-order valence-electron chi connectivity index (χ3n) is 3.31. The van der Waals surface area contributed by atoms with Gasteiger partial charge in [-0.1, -0.05) is 20.8 Å². The lowest BCUT2D eigenvalue weighted by Gasteiger charge is -2.24. The second kappa shape index (κ2) is 3.97. The van der Waals surface area contributed by atoms with Crippen molar-refractivity contribution in [2.45, 2.75) is 58.5 Å². The van der Waals surface area contributed by atoms with Crippen molar-refractivity contribution in [1.82, 2.24) is 9.55 Å². The molecule has 3 nitrogen and oxygen atoms in total. The standard InChI is InChI=1S/C12H21N3/c1-8(2)12-14-10(7-13)11-9(3)5-4-6-15(11)12/h8-9H,4-7,13H2,1-3H3. The van der Waals surface area contributed by atoms with Gasteiger partial charge in [0.05, 0.1) is 5.69 Å². The molecule has 2 N–H and O–H groups in total. The average Bonchev–Trinajstić information content (AvgIpc) is 2.58. The molecule has 0 fully saturated rings. The SMILES string of the molecule is CC(C)c1nc(CN)c2n1CCCC2C. The van der Waals surface area contributed by atoms with E-state index in [0.717, 1.165) is 12.2 Å². The molecule has 0 radical (unpaired) electrons. The second-order valence-corrected chi connectivity index (χ2v) is 4.86. The molecular formula is C12H21N3. The van der Waals surface area contributed by atoms with Crippen LogP contribution in [0.3, 0.4) is 0 Å². The van der Waals surface area contributed by atoms with Crippen molar-refractivity contribution in [2.24, 2.45) is 5.73 Å². The second-order valence-electron chi connectivity index (χ2n) is 4.86. The minimum absolute atomic E-state index is 0.495. The van der Waals surface area contributed by atoms with Gasteiger partial charge in [-0.3, -0.25) is 0 Å². The van der Waals surface area contributed by atoms with Crippen molar-refractivity contribution in [3.05, 3.63) is 17.2 Å². The monoisotopic (exact) mass is 207 g/mol. The van der Waals surface area contributed by atoms with Crippen molar-refractivity contribution in [3.63, 3.8) is 0 Å². The molecule has 2 heterocycles. The maximum Gasteiger partial charge on any atom is 0.111 e. The van der Waals surface area contributed by atoms with Crippen LogP contribution in [-0.2, 0) is 13.1 Å². The zero-order valence-corrected chi connectivity index (χ0v) is 9.95. The lowest BCUT2D eigenvalue weighted by molar-refractivity contribution is 0.455. The Labute approximate surface area is 91.7 Å². The Bertz CT molecular complexity index is 352. The highest BCUT2D eigenvalue weighted by Crippen LogP contribution is 2.32. The van der Waals surface area contributed by atoms with Gasteiger partial charge in [0.1, 0.15) is 5.82 Å². The summed E-state index contributed by atoms with van der Waals surface area (Å²) in [6.45, 7) is 8.40. The van der Waals surface area contributed by atoms with E-state index >= 15 is 0 Å². The summed E-state index contributed by atoms with van der Waals surface area (Å²) in [7, 11) is 0. The molecule has 1 unspecified atom stereocenters. The Hall–Kier alpha value is -0.830. The van der Waals surface area contributed by atoms with Gasteiger partial charge < -0.3 is 10.3 Å². The molecule has 3 heteroatoms. The molecule has 2 rings (SSSR count). The summed E-state index contributed by atoms with van der Waals surface area (Å²) >= 11 is 0. The molecule has 0 aliphatic carbocycles. The summed E-state index contributed by atoms with van der Waals surface area (Å²) in [6.07, 6.45) is 2.55. The first-order valence-electron chi connectivity index (χ1n) is 5.94. The number of nitrogens with zero attached hydrogens (tertiary/aromatic N) is 2. The fourth-order valence-electron chi connectivity index (χ4n) is 2.60. The van der Waals surface area contributed by atoms with E-state index in [-0.39, 0.29) is 0 Å². The van der Waals surface area contributed by atoms with Crippen LogP contribution in [0.5, 0.6) is 0 Å². The fourth-order valence-corrected chi connectivity index (χ4v) is 2.60. The summed E-state index contributed by atoms with van der Waals surface area (Å²) in [6, 6.07) is 0. The van der Waals surface area contributed by atoms with Gasteiger partial charge >= 0.3 is 0 Å². The Balaban J connectivity index is 2.52. The molecule has 1 aliphatic heterocycles. The maximum atomic E-state index is 5.77. The average molecular weight is 207 g/mol. The molecule has 1 atom stereocenters. The summed E-state index contributed by atoms with van der Waals surface area (Å²) in [5, 5.41) is 0. The van der Waals surface area contributed by atoms with Gasteiger partial charge in [0.15, 0.2) is 0 Å². The first-order chi connectivity index (χ1) is 7.15. The van der Waals surface area contributed by atoms with Gasteiger partial charge in [-0.05, 0) is 18.8 Å². The lowest BCUT2D eigenvalue weighted by Crippen LogP contribution is -2.17. The highest BCUT2D eigenvalue weighted by molar-refractivity contribution is 5.24. The summed E-state index contributed by atoms with van der Waals surface area (Å²) < 4.78 is 2.40. The van der Waals surface area contributed by atoms with Gasteiger partial charge in [-0.2, -0.15) is 0 Å². The molecule has 0 amide bonds. The van der Waals surface area contributed by atoms with Crippen molar-refractivity contribution in [2.75, 3.05) is 0 Å². The zero-order valence-electron chi connectivity index (χ0n) is 9.95. The first kappa shape index (κ1) is 10.7. The summed E-state index contributed by atoms with van der Waals surface area (Å²) in [5.74, 6) is 2.34. The Morgan fingerprint density at radius 2 is 2.27 bits per heavy atom. The Morgan fingerprint density at radius 1 is 1.53 bits per heavy atom. The van der Waals surface area contributed by atoms with Crippen molar-refractivity contribution >= 4 is 0 Å². The van der Waals surface area contributed by atoms with E-state index in [1.165, 1.54) is 24.4 Å². The highest BCUT2D eigenvalue weighted by Gasteiger charge is 2.25. The number of nitrogens with two attached hydrogens (primary N) is 1. The molecule has 0 saturated heterocycles. The smallest absolute Gasteiger partial charge is 0.111 e. The van der Waals surface area contributed by atoms with Crippen molar-refractivity contribution in [3.8, 4) is 0 Å². The molecule has 0 bridgehead atoms. The maximum absolute atomic E-state index is 5.77. The quantitative estimate of drug-likeness (QED) is 0.809. The number of rotatable bonds is 2. The molecule has 0 spiro atoms. The molecule has 15 heavy (non-hydrogen) atoms. The van der Waals surface area contributed by atoms with Crippen molar-refractivity contribution in [1.29, 1.82) is 0 Å². The van der Waals surface area contributed by atoms with E-state index < -0.39 is 0 Å². The number of fused-ring (bicyclic) bond motifs is 1. The Kier molecular flexibility index (Phi) is 2.83. The zero-order chi connectivity index (χ0) is 11.0. The van der Waals surface area contributed by atoms with Crippen LogP contribution >= 0.6 is 0 Å². The van der Waals surface area contributed by atoms with Gasteiger partial charge in [-0.25, -0.2) is 4.98 Å². The fraction of sp³-hybridized carbons (Fsp3) is 0.750. The molecule has 1 aromatic heterocycles. The van der Waals surface area contributed by atoms with E-state index in [4.69, 9.17) is 10.7 Å². The molecule has 84 valence electrons. The predicted molar refractivity (Wildman–Crippen MR) is 61.9 cm³/mol. The normalized spacial score (nSPS) is 20.7.